The number of hydrogen-bond donors (Lipinski definition) is 2. The Hall–Kier alpha value is -2.21. The normalized spacial score (nSPS) is 10.7. The van der Waals surface area contributed by atoms with Crippen LogP contribution in [0.5, 0.6) is 0 Å². The second-order valence-electron chi connectivity index (χ2n) is 5.89. The van der Waals surface area contributed by atoms with Crippen molar-refractivity contribution in [2.75, 3.05) is 13.1 Å². The summed E-state index contributed by atoms with van der Waals surface area (Å²) < 4.78 is 0. The zero-order valence-electron chi connectivity index (χ0n) is 14.3. The van der Waals surface area contributed by atoms with Crippen molar-refractivity contribution in [2.45, 2.75) is 27.2 Å². The minimum absolute atomic E-state index is 0.0108. The van der Waals surface area contributed by atoms with Crippen molar-refractivity contribution < 1.29 is 9.59 Å². The molecular formula is C18H23N3O2S. The summed E-state index contributed by atoms with van der Waals surface area (Å²) in [5, 5.41) is 6.53. The monoisotopic (exact) mass is 345 g/mol. The first-order valence-corrected chi connectivity index (χ1v) is 8.85. The number of nitrogens with zero attached hydrogens (tertiary/aromatic N) is 1. The molecule has 1 heterocycles. The summed E-state index contributed by atoms with van der Waals surface area (Å²) >= 11 is 1.42. The van der Waals surface area contributed by atoms with Gasteiger partial charge in [-0.15, -0.1) is 11.3 Å². The summed E-state index contributed by atoms with van der Waals surface area (Å²) in [4.78, 5) is 28.8. The van der Waals surface area contributed by atoms with E-state index >= 15 is 0 Å². The molecule has 0 radical (unpaired) electrons. The highest BCUT2D eigenvalue weighted by Crippen LogP contribution is 2.20. The molecule has 128 valence electrons. The quantitative estimate of drug-likeness (QED) is 0.758. The van der Waals surface area contributed by atoms with E-state index in [1.807, 2.05) is 51.1 Å². The number of thiazole rings is 1. The first kappa shape index (κ1) is 18.1. The number of amides is 2. The molecule has 2 amide bonds. The number of carbonyl (C=O) groups is 2. The van der Waals surface area contributed by atoms with Crippen LogP contribution in [0, 0.1) is 12.8 Å². The van der Waals surface area contributed by atoms with E-state index in [0.29, 0.717) is 18.0 Å². The van der Waals surface area contributed by atoms with Crippen LogP contribution in [0.3, 0.4) is 0 Å². The van der Waals surface area contributed by atoms with E-state index in [9.17, 15) is 9.59 Å². The Balaban J connectivity index is 1.87. The summed E-state index contributed by atoms with van der Waals surface area (Å²) in [5.41, 5.74) is 1.92. The van der Waals surface area contributed by atoms with Gasteiger partial charge in [0.05, 0.1) is 10.7 Å². The van der Waals surface area contributed by atoms with E-state index in [-0.39, 0.29) is 17.7 Å². The average molecular weight is 345 g/mol. The second-order valence-corrected chi connectivity index (χ2v) is 6.97. The minimum atomic E-state index is -0.136. The van der Waals surface area contributed by atoms with Gasteiger partial charge in [0.15, 0.2) is 0 Å². The lowest BCUT2D eigenvalue weighted by molar-refractivity contribution is -0.123. The van der Waals surface area contributed by atoms with Crippen LogP contribution in [0.25, 0.3) is 0 Å². The van der Waals surface area contributed by atoms with E-state index in [1.165, 1.54) is 16.9 Å². The second kappa shape index (κ2) is 8.59. The van der Waals surface area contributed by atoms with Crippen molar-refractivity contribution in [3.8, 4) is 0 Å². The van der Waals surface area contributed by atoms with Gasteiger partial charge in [0.25, 0.3) is 5.91 Å². The van der Waals surface area contributed by atoms with Crippen molar-refractivity contribution in [3.63, 3.8) is 0 Å². The molecule has 0 unspecified atom stereocenters. The zero-order chi connectivity index (χ0) is 17.5. The highest BCUT2D eigenvalue weighted by Gasteiger charge is 2.15. The molecule has 0 spiro atoms. The molecule has 2 aromatic rings. The van der Waals surface area contributed by atoms with Gasteiger partial charge in [-0.25, -0.2) is 4.98 Å². The molecule has 0 fully saturated rings. The van der Waals surface area contributed by atoms with Gasteiger partial charge in [-0.3, -0.25) is 9.59 Å². The summed E-state index contributed by atoms with van der Waals surface area (Å²) in [5.74, 6) is -0.198. The number of nitrogens with one attached hydrogen (secondary N) is 2. The van der Waals surface area contributed by atoms with Gasteiger partial charge in [0.2, 0.25) is 5.91 Å². The molecule has 2 rings (SSSR count). The maximum atomic E-state index is 12.3. The highest BCUT2D eigenvalue weighted by atomic mass is 32.1. The first-order valence-electron chi connectivity index (χ1n) is 8.03. The highest BCUT2D eigenvalue weighted by molar-refractivity contribution is 7.13. The molecule has 6 heteroatoms. The Morgan fingerprint density at radius 2 is 1.79 bits per heavy atom. The maximum Gasteiger partial charge on any atom is 0.263 e. The molecule has 0 aliphatic carbocycles. The van der Waals surface area contributed by atoms with Crippen LogP contribution in [0.15, 0.2) is 30.3 Å². The van der Waals surface area contributed by atoms with E-state index in [1.54, 1.807) is 0 Å². The van der Waals surface area contributed by atoms with E-state index in [4.69, 9.17) is 0 Å². The van der Waals surface area contributed by atoms with Crippen LogP contribution in [0.1, 0.15) is 39.8 Å². The van der Waals surface area contributed by atoms with E-state index in [0.717, 1.165) is 17.1 Å². The van der Waals surface area contributed by atoms with Crippen LogP contribution in [-0.2, 0) is 11.2 Å². The third-order valence-corrected chi connectivity index (χ3v) is 4.64. The Bertz CT molecular complexity index is 696. The molecule has 1 aromatic heterocycles. The van der Waals surface area contributed by atoms with Gasteiger partial charge in [-0.05, 0) is 12.5 Å². The molecule has 0 atom stereocenters. The Labute approximate surface area is 146 Å². The fraction of sp³-hybridized carbons (Fsp3) is 0.389. The maximum absolute atomic E-state index is 12.3. The van der Waals surface area contributed by atoms with Gasteiger partial charge >= 0.3 is 0 Å². The Morgan fingerprint density at radius 1 is 1.12 bits per heavy atom. The zero-order valence-corrected chi connectivity index (χ0v) is 15.1. The van der Waals surface area contributed by atoms with Crippen LogP contribution in [0.4, 0.5) is 0 Å². The predicted octanol–water partition coefficient (Wildman–Crippen LogP) is 2.54. The molecule has 24 heavy (non-hydrogen) atoms. The van der Waals surface area contributed by atoms with Gasteiger partial charge in [0, 0.05) is 25.4 Å². The predicted molar refractivity (Wildman–Crippen MR) is 96.3 cm³/mol. The molecule has 0 saturated carbocycles. The first-order chi connectivity index (χ1) is 11.5. The lowest BCUT2D eigenvalue weighted by Gasteiger charge is -2.08. The molecule has 0 saturated heterocycles. The van der Waals surface area contributed by atoms with Gasteiger partial charge in [-0.2, -0.15) is 0 Å². The Kier molecular flexibility index (Phi) is 6.49. The van der Waals surface area contributed by atoms with E-state index < -0.39 is 0 Å². The molecule has 0 aliphatic rings. The van der Waals surface area contributed by atoms with Crippen molar-refractivity contribution in [3.05, 3.63) is 51.5 Å². The van der Waals surface area contributed by atoms with Crippen LogP contribution < -0.4 is 10.6 Å². The van der Waals surface area contributed by atoms with Gasteiger partial charge in [-0.1, -0.05) is 44.2 Å². The molecule has 0 aliphatic heterocycles. The Morgan fingerprint density at radius 3 is 2.46 bits per heavy atom. The topological polar surface area (TPSA) is 71.1 Å². The molecular weight excluding hydrogens is 322 g/mol. The molecule has 1 aromatic carbocycles. The average Bonchev–Trinajstić information content (AvgIpc) is 2.92. The van der Waals surface area contributed by atoms with Crippen LogP contribution in [-0.4, -0.2) is 29.9 Å². The number of aromatic nitrogens is 1. The number of benzene rings is 1. The number of rotatable bonds is 7. The number of aryl methyl sites for hydroxylation is 1. The van der Waals surface area contributed by atoms with Crippen molar-refractivity contribution in [1.82, 2.24) is 15.6 Å². The minimum Gasteiger partial charge on any atom is -0.354 e. The third-order valence-electron chi connectivity index (χ3n) is 3.48. The standard InChI is InChI=1S/C18H23N3O2S/c1-12(2)17(22)19-9-10-20-18(23)16-13(3)21-15(24-16)11-14-7-5-4-6-8-14/h4-8,12H,9-11H2,1-3H3,(H,19,22)(H,20,23). The lowest BCUT2D eigenvalue weighted by Crippen LogP contribution is -2.36. The molecule has 0 bridgehead atoms. The summed E-state index contributed by atoms with van der Waals surface area (Å²) in [6, 6.07) is 10.1. The van der Waals surface area contributed by atoms with Gasteiger partial charge < -0.3 is 10.6 Å². The van der Waals surface area contributed by atoms with E-state index in [2.05, 4.69) is 15.6 Å². The van der Waals surface area contributed by atoms with Crippen molar-refractivity contribution in [1.29, 1.82) is 0 Å². The molecule has 5 nitrogen and oxygen atoms in total. The van der Waals surface area contributed by atoms with Crippen molar-refractivity contribution >= 4 is 23.2 Å². The largest absolute Gasteiger partial charge is 0.354 e. The van der Waals surface area contributed by atoms with Crippen LogP contribution in [0.2, 0.25) is 0 Å². The number of hydrogen-bond acceptors (Lipinski definition) is 4. The number of carbonyl (C=O) groups excluding carboxylic acids is 2. The third kappa shape index (κ3) is 5.16. The fourth-order valence-electron chi connectivity index (χ4n) is 2.16. The smallest absolute Gasteiger partial charge is 0.263 e. The summed E-state index contributed by atoms with van der Waals surface area (Å²) in [6.07, 6.45) is 0.726. The van der Waals surface area contributed by atoms with Crippen LogP contribution >= 0.6 is 11.3 Å². The summed E-state index contributed by atoms with van der Waals surface area (Å²) in [7, 11) is 0. The van der Waals surface area contributed by atoms with Gasteiger partial charge in [0.1, 0.15) is 4.88 Å². The fourth-order valence-corrected chi connectivity index (χ4v) is 3.17. The molecule has 2 N–H and O–H groups in total. The summed E-state index contributed by atoms with van der Waals surface area (Å²) in [6.45, 7) is 6.35. The van der Waals surface area contributed by atoms with Crippen molar-refractivity contribution in [2.24, 2.45) is 5.92 Å². The lowest BCUT2D eigenvalue weighted by atomic mass is 10.2. The SMILES string of the molecule is Cc1nc(Cc2ccccc2)sc1C(=O)NCCNC(=O)C(C)C.